The Hall–Kier alpha value is -3.32. The highest BCUT2D eigenvalue weighted by Gasteiger charge is 2.12. The van der Waals surface area contributed by atoms with E-state index in [9.17, 15) is 14.7 Å². The molecule has 3 rings (SSSR count). The van der Waals surface area contributed by atoms with Crippen LogP contribution in [-0.4, -0.2) is 32.2 Å². The summed E-state index contributed by atoms with van der Waals surface area (Å²) in [5.74, 6) is -1.62. The van der Waals surface area contributed by atoms with Gasteiger partial charge in [-0.1, -0.05) is 11.6 Å². The molecule has 0 aliphatic heterocycles. The summed E-state index contributed by atoms with van der Waals surface area (Å²) in [7, 11) is 0. The Morgan fingerprint density at radius 1 is 1.23 bits per heavy atom. The van der Waals surface area contributed by atoms with Gasteiger partial charge in [-0.05, 0) is 43.3 Å². The van der Waals surface area contributed by atoms with Crippen molar-refractivity contribution >= 4 is 29.5 Å². The van der Waals surface area contributed by atoms with Crippen LogP contribution in [0.1, 0.15) is 21.6 Å². The van der Waals surface area contributed by atoms with Gasteiger partial charge >= 0.3 is 5.97 Å². The number of carboxylic acids is 1. The molecule has 7 nitrogen and oxygen atoms in total. The van der Waals surface area contributed by atoms with E-state index in [1.807, 2.05) is 0 Å². The first-order valence-corrected chi connectivity index (χ1v) is 7.92. The van der Waals surface area contributed by atoms with Gasteiger partial charge in [0.1, 0.15) is 11.3 Å². The number of carboxylic acid groups (broad SMARTS) is 1. The maximum Gasteiger partial charge on any atom is 0.339 e. The topological polar surface area (TPSA) is 108 Å². The van der Waals surface area contributed by atoms with Crippen LogP contribution in [0.5, 0.6) is 5.75 Å². The quantitative estimate of drug-likeness (QED) is 0.611. The van der Waals surface area contributed by atoms with Gasteiger partial charge in [0, 0.05) is 23.0 Å². The number of aromatic carboxylic acids is 1. The summed E-state index contributed by atoms with van der Waals surface area (Å²) in [4.78, 5) is 27.6. The van der Waals surface area contributed by atoms with Gasteiger partial charge in [-0.2, -0.15) is 0 Å². The molecule has 8 heteroatoms. The molecule has 0 aliphatic rings. The SMILES string of the molecule is Cc1[nH]n(-c2ccc(Cl)cc2)c(=O)c1C=Nc1ccc(C(=O)O)c(O)c1. The largest absolute Gasteiger partial charge is 0.507 e. The molecule has 1 heterocycles. The third-order valence-electron chi connectivity index (χ3n) is 3.76. The van der Waals surface area contributed by atoms with E-state index < -0.39 is 11.7 Å². The number of rotatable bonds is 4. The Kier molecular flexibility index (Phi) is 4.64. The summed E-state index contributed by atoms with van der Waals surface area (Å²) in [5.41, 5.74) is 1.41. The molecule has 0 spiro atoms. The summed E-state index contributed by atoms with van der Waals surface area (Å²) < 4.78 is 1.37. The van der Waals surface area contributed by atoms with Crippen molar-refractivity contribution < 1.29 is 15.0 Å². The van der Waals surface area contributed by atoms with Crippen LogP contribution in [0.4, 0.5) is 5.69 Å². The van der Waals surface area contributed by atoms with Crippen LogP contribution in [0, 0.1) is 6.92 Å². The molecule has 0 atom stereocenters. The number of benzene rings is 2. The second-order valence-electron chi connectivity index (χ2n) is 5.53. The molecule has 1 aromatic heterocycles. The first kappa shape index (κ1) is 17.5. The number of aromatic hydroxyl groups is 1. The van der Waals surface area contributed by atoms with Gasteiger partial charge in [0.15, 0.2) is 0 Å². The van der Waals surface area contributed by atoms with E-state index in [0.29, 0.717) is 27.7 Å². The Bertz CT molecular complexity index is 1070. The van der Waals surface area contributed by atoms with E-state index in [2.05, 4.69) is 10.1 Å². The summed E-state index contributed by atoms with van der Waals surface area (Å²) in [5, 5.41) is 22.1. The van der Waals surface area contributed by atoms with Crippen LogP contribution in [0.15, 0.2) is 52.3 Å². The van der Waals surface area contributed by atoms with Crippen LogP contribution in [0.2, 0.25) is 5.02 Å². The summed E-state index contributed by atoms with van der Waals surface area (Å²) in [6.07, 6.45) is 1.37. The lowest BCUT2D eigenvalue weighted by atomic mass is 10.2. The monoisotopic (exact) mass is 371 g/mol. The summed E-state index contributed by atoms with van der Waals surface area (Å²) >= 11 is 5.86. The molecule has 132 valence electrons. The van der Waals surface area contributed by atoms with E-state index in [0.717, 1.165) is 0 Å². The van der Waals surface area contributed by atoms with Gasteiger partial charge in [0.05, 0.1) is 16.9 Å². The molecular weight excluding hydrogens is 358 g/mol. The van der Waals surface area contributed by atoms with Crippen molar-refractivity contribution in [1.82, 2.24) is 9.78 Å². The predicted octanol–water partition coefficient (Wildman–Crippen LogP) is 3.28. The molecule has 0 fully saturated rings. The lowest BCUT2D eigenvalue weighted by molar-refractivity contribution is 0.0694. The maximum atomic E-state index is 12.6. The molecule has 0 aliphatic carbocycles. The molecule has 0 bridgehead atoms. The molecule has 0 amide bonds. The van der Waals surface area contributed by atoms with Crippen molar-refractivity contribution in [2.24, 2.45) is 4.99 Å². The molecule has 2 aromatic carbocycles. The molecule has 3 N–H and O–H groups in total. The van der Waals surface area contributed by atoms with Crippen molar-refractivity contribution in [3.63, 3.8) is 0 Å². The van der Waals surface area contributed by atoms with E-state index >= 15 is 0 Å². The first-order chi connectivity index (χ1) is 12.4. The van der Waals surface area contributed by atoms with Gasteiger partial charge in [-0.3, -0.25) is 14.9 Å². The van der Waals surface area contributed by atoms with Gasteiger partial charge in [-0.15, -0.1) is 0 Å². The minimum atomic E-state index is -1.23. The molecular formula is C18H14ClN3O4. The van der Waals surface area contributed by atoms with E-state index in [4.69, 9.17) is 16.7 Å². The molecule has 0 unspecified atom stereocenters. The molecule has 26 heavy (non-hydrogen) atoms. The molecule has 0 saturated heterocycles. The smallest absolute Gasteiger partial charge is 0.339 e. The number of carbonyl (C=O) groups is 1. The van der Waals surface area contributed by atoms with Gasteiger partial charge in [0.25, 0.3) is 5.56 Å². The average Bonchev–Trinajstić information content (AvgIpc) is 2.88. The van der Waals surface area contributed by atoms with Gasteiger partial charge in [-0.25, -0.2) is 9.48 Å². The maximum absolute atomic E-state index is 12.6. The fourth-order valence-corrected chi connectivity index (χ4v) is 2.53. The van der Waals surface area contributed by atoms with Crippen molar-refractivity contribution in [3.05, 3.63) is 74.7 Å². The van der Waals surface area contributed by atoms with Crippen LogP contribution < -0.4 is 5.56 Å². The number of H-pyrrole nitrogens is 1. The lowest BCUT2D eigenvalue weighted by Gasteiger charge is -2.00. The first-order valence-electron chi connectivity index (χ1n) is 7.55. The number of aryl methyl sites for hydroxylation is 1. The number of aliphatic imine (C=N–C) groups is 1. The van der Waals surface area contributed by atoms with Crippen molar-refractivity contribution in [2.45, 2.75) is 6.92 Å². The number of halogens is 1. The number of nitrogens with zero attached hydrogens (tertiary/aromatic N) is 2. The highest BCUT2D eigenvalue weighted by Crippen LogP contribution is 2.24. The Labute approximate surface area is 152 Å². The highest BCUT2D eigenvalue weighted by atomic mass is 35.5. The summed E-state index contributed by atoms with van der Waals surface area (Å²) in [6, 6.07) is 10.7. The third kappa shape index (κ3) is 3.38. The zero-order valence-electron chi connectivity index (χ0n) is 13.6. The minimum Gasteiger partial charge on any atom is -0.507 e. The van der Waals surface area contributed by atoms with Gasteiger partial charge in [0.2, 0.25) is 0 Å². The number of hydrogen-bond acceptors (Lipinski definition) is 4. The second-order valence-corrected chi connectivity index (χ2v) is 5.97. The second kappa shape index (κ2) is 6.89. The zero-order chi connectivity index (χ0) is 18.8. The Balaban J connectivity index is 1.94. The minimum absolute atomic E-state index is 0.216. The lowest BCUT2D eigenvalue weighted by Crippen LogP contribution is -2.17. The Morgan fingerprint density at radius 2 is 1.92 bits per heavy atom. The van der Waals surface area contributed by atoms with E-state index in [1.54, 1.807) is 31.2 Å². The van der Waals surface area contributed by atoms with Crippen molar-refractivity contribution in [1.29, 1.82) is 0 Å². The molecule has 0 saturated carbocycles. The van der Waals surface area contributed by atoms with Crippen LogP contribution >= 0.6 is 11.6 Å². The number of hydrogen-bond donors (Lipinski definition) is 3. The average molecular weight is 372 g/mol. The predicted molar refractivity (Wildman–Crippen MR) is 98.5 cm³/mol. The zero-order valence-corrected chi connectivity index (χ0v) is 14.4. The normalized spacial score (nSPS) is 11.2. The fourth-order valence-electron chi connectivity index (χ4n) is 2.40. The van der Waals surface area contributed by atoms with E-state index in [-0.39, 0.29) is 11.1 Å². The van der Waals surface area contributed by atoms with Crippen LogP contribution in [-0.2, 0) is 0 Å². The van der Waals surface area contributed by atoms with Gasteiger partial charge < -0.3 is 10.2 Å². The number of aromatic amines is 1. The van der Waals surface area contributed by atoms with Crippen LogP contribution in [0.25, 0.3) is 5.69 Å². The van der Waals surface area contributed by atoms with Crippen LogP contribution in [0.3, 0.4) is 0 Å². The van der Waals surface area contributed by atoms with Crippen molar-refractivity contribution in [3.8, 4) is 11.4 Å². The van der Waals surface area contributed by atoms with Crippen molar-refractivity contribution in [2.75, 3.05) is 0 Å². The Morgan fingerprint density at radius 3 is 2.54 bits per heavy atom. The number of phenols is 1. The fraction of sp³-hybridized carbons (Fsp3) is 0.0556. The third-order valence-corrected chi connectivity index (χ3v) is 4.01. The molecule has 3 aromatic rings. The van der Waals surface area contributed by atoms with E-state index in [1.165, 1.54) is 29.1 Å². The number of aromatic nitrogens is 2. The summed E-state index contributed by atoms with van der Waals surface area (Å²) in [6.45, 7) is 1.74. The number of nitrogens with one attached hydrogen (secondary N) is 1. The standard InChI is InChI=1S/C18H14ClN3O4/c1-10-15(9-20-12-4-7-14(18(25)26)16(23)8-12)17(24)22(21-10)13-5-2-11(19)3-6-13/h2-9,21,23H,1H3,(H,25,26). The molecule has 0 radical (unpaired) electrons. The highest BCUT2D eigenvalue weighted by molar-refractivity contribution is 6.30.